The van der Waals surface area contributed by atoms with Crippen LogP contribution in [0.2, 0.25) is 0 Å². The van der Waals surface area contributed by atoms with Crippen molar-refractivity contribution in [3.05, 3.63) is 29.2 Å². The molecule has 0 aliphatic carbocycles. The maximum atomic E-state index is 7.04. The van der Waals surface area contributed by atoms with Gasteiger partial charge in [0, 0.05) is 6.20 Å². The molecule has 2 fully saturated rings. The number of aryl methyl sites for hydroxylation is 1. The second kappa shape index (κ2) is 3.35. The van der Waals surface area contributed by atoms with Gasteiger partial charge in [-0.1, -0.05) is 0 Å². The molecule has 0 bridgehead atoms. The second-order valence-corrected chi connectivity index (χ2v) is 3.69. The molecule has 0 amide bonds. The summed E-state index contributed by atoms with van der Waals surface area (Å²) >= 11 is 0. The standard InChI is InChI=1S/C9H6B2N3O2/c1-5-3-6(12-2)7(13-4-5)14-9-11(16-9)8-10-15-8/h3-4,8H,1H3/b14-9+. The van der Waals surface area contributed by atoms with Gasteiger partial charge in [0.1, 0.15) is 0 Å². The summed E-state index contributed by atoms with van der Waals surface area (Å²) in [4.78, 5) is 11.7. The van der Waals surface area contributed by atoms with Crippen LogP contribution < -0.4 is 0 Å². The predicted octanol–water partition coefficient (Wildman–Crippen LogP) is 1.05. The van der Waals surface area contributed by atoms with Crippen LogP contribution in [0.4, 0.5) is 11.5 Å². The zero-order chi connectivity index (χ0) is 11.1. The summed E-state index contributed by atoms with van der Waals surface area (Å²) in [5.74, 6) is 1.05. The van der Waals surface area contributed by atoms with E-state index in [4.69, 9.17) is 15.9 Å². The van der Waals surface area contributed by atoms with E-state index in [2.05, 4.69) is 14.8 Å². The largest absolute Gasteiger partial charge is 0.544 e. The van der Waals surface area contributed by atoms with Gasteiger partial charge in [-0.15, -0.1) is 0 Å². The molecule has 5 nitrogen and oxygen atoms in total. The van der Waals surface area contributed by atoms with Gasteiger partial charge in [0.05, 0.1) is 12.5 Å². The van der Waals surface area contributed by atoms with Crippen molar-refractivity contribution in [2.75, 3.05) is 0 Å². The van der Waals surface area contributed by atoms with Crippen LogP contribution >= 0.6 is 0 Å². The van der Waals surface area contributed by atoms with E-state index in [1.54, 1.807) is 19.7 Å². The highest BCUT2D eigenvalue weighted by molar-refractivity contribution is 7.04. The molecule has 3 rings (SSSR count). The number of rotatable bonds is 2. The summed E-state index contributed by atoms with van der Waals surface area (Å²) in [7, 11) is 1.70. The Morgan fingerprint density at radius 3 is 3.19 bits per heavy atom. The summed E-state index contributed by atoms with van der Waals surface area (Å²) in [5.41, 5.74) is 1.39. The summed E-state index contributed by atoms with van der Waals surface area (Å²) in [6, 6.07) is 1.76. The normalized spacial score (nSPS) is 23.4. The topological polar surface area (TPSA) is 54.7 Å². The van der Waals surface area contributed by atoms with Crippen molar-refractivity contribution in [1.29, 1.82) is 0 Å². The van der Waals surface area contributed by atoms with E-state index in [0.29, 0.717) is 17.3 Å². The number of aromatic nitrogens is 1. The minimum atomic E-state index is -0.0679. The molecule has 3 heterocycles. The van der Waals surface area contributed by atoms with E-state index >= 15 is 0 Å². The van der Waals surface area contributed by atoms with E-state index in [9.17, 15) is 0 Å². The van der Waals surface area contributed by atoms with Crippen LogP contribution in [0.15, 0.2) is 17.3 Å². The molecule has 1 radical (unpaired) electrons. The monoisotopic (exact) mass is 210 g/mol. The molecule has 0 spiro atoms. The first-order valence-corrected chi connectivity index (χ1v) is 4.86. The fourth-order valence-electron chi connectivity index (χ4n) is 1.40. The molecule has 0 aromatic carbocycles. The third-order valence-corrected chi connectivity index (χ3v) is 2.35. The summed E-state index contributed by atoms with van der Waals surface area (Å²) in [6.07, 6.45) is 1.69. The molecule has 1 atom stereocenters. The molecule has 1 aromatic rings. The lowest BCUT2D eigenvalue weighted by molar-refractivity contribution is 0.513. The number of hydrogen-bond acceptors (Lipinski definition) is 4. The first-order valence-electron chi connectivity index (χ1n) is 4.86. The Labute approximate surface area is 93.7 Å². The van der Waals surface area contributed by atoms with Crippen molar-refractivity contribution in [2.45, 2.75) is 12.8 Å². The van der Waals surface area contributed by atoms with E-state index in [1.807, 2.05) is 6.92 Å². The molecule has 75 valence electrons. The van der Waals surface area contributed by atoms with E-state index in [-0.39, 0.29) is 12.8 Å². The quantitative estimate of drug-likeness (QED) is 0.416. The molecule has 0 N–H and O–H groups in total. The Hall–Kier alpha value is -1.80. The minimum Gasteiger partial charge on any atom is -0.544 e. The Kier molecular flexibility index (Phi) is 1.98. The fourth-order valence-corrected chi connectivity index (χ4v) is 1.40. The fraction of sp³-hybridized carbons (Fsp3) is 0.222. The third-order valence-electron chi connectivity index (χ3n) is 2.35. The van der Waals surface area contributed by atoms with Crippen LogP contribution in [0, 0.1) is 13.5 Å². The summed E-state index contributed by atoms with van der Waals surface area (Å²) in [6.45, 7) is 8.86. The van der Waals surface area contributed by atoms with Gasteiger partial charge < -0.3 is 9.31 Å². The molecule has 16 heavy (non-hydrogen) atoms. The molecule has 7 heteroatoms. The SMILES string of the molecule is [C-]#[N+]c1cc(C)cnc1/N=C1/OB1C1[B]O1. The van der Waals surface area contributed by atoms with Gasteiger partial charge in [-0.05, 0) is 18.6 Å². The van der Waals surface area contributed by atoms with E-state index < -0.39 is 0 Å². The summed E-state index contributed by atoms with van der Waals surface area (Å²) in [5, 5.41) is 0. The first-order chi connectivity index (χ1) is 7.78. The molecule has 2 aliphatic heterocycles. The van der Waals surface area contributed by atoms with Crippen molar-refractivity contribution in [1.82, 2.24) is 4.98 Å². The molecule has 2 saturated heterocycles. The first kappa shape index (κ1) is 9.43. The smallest absolute Gasteiger partial charge is 0.474 e. The number of nitrogens with zero attached hydrogens (tertiary/aromatic N) is 3. The predicted molar refractivity (Wildman–Crippen MR) is 59.8 cm³/mol. The average Bonchev–Trinajstić information content (AvgIpc) is 3.12. The van der Waals surface area contributed by atoms with Gasteiger partial charge in [-0.3, -0.25) is 0 Å². The molecule has 2 aliphatic rings. The highest BCUT2D eigenvalue weighted by Gasteiger charge is 2.57. The van der Waals surface area contributed by atoms with Crippen LogP contribution in [-0.2, 0) is 9.31 Å². The lowest BCUT2D eigenvalue weighted by Gasteiger charge is -1.96. The third kappa shape index (κ3) is 1.68. The molecule has 0 saturated carbocycles. The Morgan fingerprint density at radius 1 is 1.69 bits per heavy atom. The zero-order valence-corrected chi connectivity index (χ0v) is 8.54. The van der Waals surface area contributed by atoms with Gasteiger partial charge >= 0.3 is 14.4 Å². The van der Waals surface area contributed by atoms with Crippen LogP contribution in [0.3, 0.4) is 0 Å². The van der Waals surface area contributed by atoms with E-state index in [1.165, 1.54) is 0 Å². The second-order valence-electron chi connectivity index (χ2n) is 3.69. The minimum absolute atomic E-state index is 0.0422. The maximum absolute atomic E-state index is 7.04. The average molecular weight is 210 g/mol. The van der Waals surface area contributed by atoms with Crippen molar-refractivity contribution in [3.63, 3.8) is 0 Å². The molecule has 1 unspecified atom stereocenters. The Bertz CT molecular complexity index is 522. The van der Waals surface area contributed by atoms with Crippen molar-refractivity contribution >= 4 is 31.7 Å². The van der Waals surface area contributed by atoms with Crippen LogP contribution in [0.1, 0.15) is 5.56 Å². The Balaban J connectivity index is 1.87. The summed E-state index contributed by atoms with van der Waals surface area (Å²) < 4.78 is 10.2. The van der Waals surface area contributed by atoms with Crippen LogP contribution in [0.25, 0.3) is 4.85 Å². The van der Waals surface area contributed by atoms with Crippen molar-refractivity contribution < 1.29 is 9.31 Å². The van der Waals surface area contributed by atoms with Crippen molar-refractivity contribution in [2.24, 2.45) is 4.99 Å². The van der Waals surface area contributed by atoms with Gasteiger partial charge in [-0.25, -0.2) is 14.8 Å². The number of hydrogen-bond donors (Lipinski definition) is 0. The maximum Gasteiger partial charge on any atom is 0.474 e. The molecule has 1 aromatic heterocycles. The van der Waals surface area contributed by atoms with Gasteiger partial charge in [-0.2, -0.15) is 0 Å². The highest BCUT2D eigenvalue weighted by atomic mass is 16.6. The highest BCUT2D eigenvalue weighted by Crippen LogP contribution is 2.30. The van der Waals surface area contributed by atoms with Crippen LogP contribution in [-0.4, -0.2) is 31.1 Å². The van der Waals surface area contributed by atoms with Crippen molar-refractivity contribution in [3.8, 4) is 0 Å². The Morgan fingerprint density at radius 2 is 2.50 bits per heavy atom. The molecular formula is C9H6B2N3O2. The van der Waals surface area contributed by atoms with Gasteiger partial charge in [0.2, 0.25) is 5.69 Å². The van der Waals surface area contributed by atoms with E-state index in [0.717, 1.165) is 5.56 Å². The van der Waals surface area contributed by atoms with Gasteiger partial charge in [0.15, 0.2) is 11.6 Å². The van der Waals surface area contributed by atoms with Gasteiger partial charge in [0.25, 0.3) is 0 Å². The lowest BCUT2D eigenvalue weighted by Crippen LogP contribution is -2.04. The number of pyridine rings is 1. The van der Waals surface area contributed by atoms with Crippen LogP contribution in [0.5, 0.6) is 0 Å². The zero-order valence-electron chi connectivity index (χ0n) is 8.54. The lowest BCUT2D eigenvalue weighted by atomic mass is 9.65. The number of aliphatic imine (C=N–C) groups is 1. The molecular weight excluding hydrogens is 204 g/mol.